The van der Waals surface area contributed by atoms with Crippen molar-refractivity contribution in [3.05, 3.63) is 41.7 Å². The van der Waals surface area contributed by atoms with Gasteiger partial charge in [-0.05, 0) is 12.5 Å². The van der Waals surface area contributed by atoms with Crippen LogP contribution in [-0.4, -0.2) is 16.7 Å². The van der Waals surface area contributed by atoms with Crippen LogP contribution in [0.3, 0.4) is 0 Å². The number of ketones is 2. The molecule has 0 atom stereocenters. The van der Waals surface area contributed by atoms with Gasteiger partial charge in [-0.15, -0.1) is 0 Å². The molecule has 15 heavy (non-hydrogen) atoms. The van der Waals surface area contributed by atoms with Crippen LogP contribution in [0.5, 0.6) is 0 Å². The van der Waals surface area contributed by atoms with Crippen molar-refractivity contribution < 1.29 is 14.7 Å². The fourth-order valence-electron chi connectivity index (χ4n) is 1.29. The number of carbonyl (C=O) groups excluding carboxylic acids is 2. The fraction of sp³-hybridized carbons (Fsp3) is 0.167. The maximum absolute atomic E-state index is 11.3. The van der Waals surface area contributed by atoms with E-state index in [4.69, 9.17) is 0 Å². The Labute approximate surface area is 88.0 Å². The maximum atomic E-state index is 11.3. The second-order valence-electron chi connectivity index (χ2n) is 3.20. The normalized spacial score (nSPS) is 11.9. The molecule has 0 fully saturated rings. The summed E-state index contributed by atoms with van der Waals surface area (Å²) >= 11 is 0. The van der Waals surface area contributed by atoms with Gasteiger partial charge in [-0.3, -0.25) is 9.59 Å². The number of allylic oxidation sites excluding steroid dienone is 2. The molecular weight excluding hydrogens is 192 g/mol. The van der Waals surface area contributed by atoms with Gasteiger partial charge in [0.05, 0.1) is 5.57 Å². The Balaban J connectivity index is 3.34. The summed E-state index contributed by atoms with van der Waals surface area (Å²) in [5.41, 5.74) is 0.626. The average molecular weight is 204 g/mol. The Bertz CT molecular complexity index is 416. The maximum Gasteiger partial charge on any atom is 0.194 e. The van der Waals surface area contributed by atoms with Crippen LogP contribution in [0, 0.1) is 0 Å². The zero-order valence-electron chi connectivity index (χ0n) is 8.65. The highest BCUT2D eigenvalue weighted by Gasteiger charge is 2.16. The quantitative estimate of drug-likeness (QED) is 0.606. The van der Waals surface area contributed by atoms with Crippen molar-refractivity contribution in [2.75, 3.05) is 0 Å². The van der Waals surface area contributed by atoms with E-state index in [1.807, 2.05) is 0 Å². The largest absolute Gasteiger partial charge is 0.504 e. The third-order valence-electron chi connectivity index (χ3n) is 1.98. The molecule has 0 aliphatic carbocycles. The third kappa shape index (κ3) is 2.53. The van der Waals surface area contributed by atoms with Gasteiger partial charge < -0.3 is 5.11 Å². The number of benzene rings is 1. The second kappa shape index (κ2) is 4.55. The van der Waals surface area contributed by atoms with Crippen molar-refractivity contribution in [3.63, 3.8) is 0 Å². The average Bonchev–Trinajstić information content (AvgIpc) is 2.18. The molecular formula is C12H12O3. The van der Waals surface area contributed by atoms with Crippen LogP contribution in [0.2, 0.25) is 0 Å². The van der Waals surface area contributed by atoms with Gasteiger partial charge in [0.2, 0.25) is 0 Å². The van der Waals surface area contributed by atoms with Crippen molar-refractivity contribution in [2.45, 2.75) is 13.8 Å². The Morgan fingerprint density at radius 1 is 1.00 bits per heavy atom. The van der Waals surface area contributed by atoms with E-state index in [9.17, 15) is 14.7 Å². The summed E-state index contributed by atoms with van der Waals surface area (Å²) in [7, 11) is 0. The van der Waals surface area contributed by atoms with E-state index in [2.05, 4.69) is 0 Å². The second-order valence-corrected chi connectivity index (χ2v) is 3.20. The van der Waals surface area contributed by atoms with Crippen LogP contribution in [0.1, 0.15) is 19.4 Å². The number of aliphatic hydroxyl groups is 1. The van der Waals surface area contributed by atoms with Crippen molar-refractivity contribution in [2.24, 2.45) is 0 Å². The Morgan fingerprint density at radius 3 is 1.93 bits per heavy atom. The zero-order chi connectivity index (χ0) is 11.4. The molecule has 0 amide bonds. The van der Waals surface area contributed by atoms with Gasteiger partial charge in [0, 0.05) is 6.92 Å². The van der Waals surface area contributed by atoms with Gasteiger partial charge in [-0.25, -0.2) is 0 Å². The number of Topliss-reactive ketones (excluding diaryl/α,β-unsaturated/α-hetero) is 2. The molecule has 1 N–H and O–H groups in total. The van der Waals surface area contributed by atoms with E-state index in [1.165, 1.54) is 13.8 Å². The smallest absolute Gasteiger partial charge is 0.194 e. The molecule has 3 heteroatoms. The molecule has 3 nitrogen and oxygen atoms in total. The Morgan fingerprint density at radius 2 is 1.53 bits per heavy atom. The van der Waals surface area contributed by atoms with Gasteiger partial charge in [-0.1, -0.05) is 30.3 Å². The molecule has 0 heterocycles. The van der Waals surface area contributed by atoms with Crippen LogP contribution in [0.25, 0.3) is 5.57 Å². The lowest BCUT2D eigenvalue weighted by molar-refractivity contribution is -0.117. The van der Waals surface area contributed by atoms with E-state index >= 15 is 0 Å². The highest BCUT2D eigenvalue weighted by molar-refractivity contribution is 6.24. The minimum absolute atomic E-state index is 0.0723. The summed E-state index contributed by atoms with van der Waals surface area (Å²) in [5.74, 6) is -1.31. The first-order valence-electron chi connectivity index (χ1n) is 4.54. The summed E-state index contributed by atoms with van der Waals surface area (Å²) in [5, 5.41) is 9.52. The van der Waals surface area contributed by atoms with E-state index in [-0.39, 0.29) is 11.4 Å². The van der Waals surface area contributed by atoms with Gasteiger partial charge in [0.25, 0.3) is 0 Å². The minimum atomic E-state index is -0.510. The van der Waals surface area contributed by atoms with E-state index in [0.717, 1.165) is 0 Å². The van der Waals surface area contributed by atoms with Crippen LogP contribution in [0.15, 0.2) is 36.1 Å². The van der Waals surface area contributed by atoms with Gasteiger partial charge in [-0.2, -0.15) is 0 Å². The number of rotatable bonds is 3. The summed E-state index contributed by atoms with van der Waals surface area (Å²) in [4.78, 5) is 22.3. The van der Waals surface area contributed by atoms with Crippen molar-refractivity contribution in [3.8, 4) is 0 Å². The van der Waals surface area contributed by atoms with Gasteiger partial charge in [0.15, 0.2) is 17.3 Å². The highest BCUT2D eigenvalue weighted by atomic mass is 16.3. The summed E-state index contributed by atoms with van der Waals surface area (Å²) in [6.45, 7) is 2.54. The van der Waals surface area contributed by atoms with E-state index < -0.39 is 11.5 Å². The molecule has 0 bridgehead atoms. The molecule has 1 aromatic carbocycles. The number of aliphatic hydroxyl groups excluding tert-OH is 1. The van der Waals surface area contributed by atoms with Gasteiger partial charge >= 0.3 is 0 Å². The molecule has 0 radical (unpaired) electrons. The predicted molar refractivity (Wildman–Crippen MR) is 57.4 cm³/mol. The summed E-state index contributed by atoms with van der Waals surface area (Å²) in [6, 6.07) is 8.63. The number of hydrogen-bond donors (Lipinski definition) is 1. The molecule has 0 saturated heterocycles. The van der Waals surface area contributed by atoms with E-state index in [1.54, 1.807) is 30.3 Å². The summed E-state index contributed by atoms with van der Waals surface area (Å²) in [6.07, 6.45) is 0. The van der Waals surface area contributed by atoms with Crippen molar-refractivity contribution >= 4 is 17.1 Å². The lowest BCUT2D eigenvalue weighted by Crippen LogP contribution is -2.06. The van der Waals surface area contributed by atoms with Crippen molar-refractivity contribution in [1.29, 1.82) is 0 Å². The van der Waals surface area contributed by atoms with Gasteiger partial charge in [0.1, 0.15) is 0 Å². The monoisotopic (exact) mass is 204 g/mol. The number of carbonyl (C=O) groups is 2. The lowest BCUT2D eigenvalue weighted by Gasteiger charge is -2.05. The van der Waals surface area contributed by atoms with Crippen molar-refractivity contribution in [1.82, 2.24) is 0 Å². The molecule has 0 aliphatic rings. The zero-order valence-corrected chi connectivity index (χ0v) is 8.65. The van der Waals surface area contributed by atoms with E-state index in [0.29, 0.717) is 5.56 Å². The Kier molecular flexibility index (Phi) is 3.39. The molecule has 0 unspecified atom stereocenters. The van der Waals surface area contributed by atoms with Crippen LogP contribution < -0.4 is 0 Å². The topological polar surface area (TPSA) is 54.4 Å². The SMILES string of the molecule is CC(=O)/C(O)=C(/C(C)=O)c1ccccc1. The molecule has 0 spiro atoms. The highest BCUT2D eigenvalue weighted by Crippen LogP contribution is 2.18. The fourth-order valence-corrected chi connectivity index (χ4v) is 1.29. The predicted octanol–water partition coefficient (Wildman–Crippen LogP) is 2.13. The molecule has 1 rings (SSSR count). The standard InChI is InChI=1S/C12H12O3/c1-8(13)11(12(15)9(2)14)10-6-4-3-5-7-10/h3-7,15H,1-2H3/b12-11+. The van der Waals surface area contributed by atoms with Crippen LogP contribution in [-0.2, 0) is 9.59 Å². The number of hydrogen-bond acceptors (Lipinski definition) is 3. The molecule has 0 aliphatic heterocycles. The first-order valence-corrected chi connectivity index (χ1v) is 4.54. The van der Waals surface area contributed by atoms with Crippen LogP contribution in [0.4, 0.5) is 0 Å². The first-order chi connectivity index (χ1) is 7.04. The molecule has 78 valence electrons. The Hall–Kier alpha value is -1.90. The molecule has 0 saturated carbocycles. The first kappa shape index (κ1) is 11.2. The lowest BCUT2D eigenvalue weighted by atomic mass is 10.00. The van der Waals surface area contributed by atoms with Crippen LogP contribution >= 0.6 is 0 Å². The molecule has 1 aromatic rings. The third-order valence-corrected chi connectivity index (χ3v) is 1.98. The molecule has 0 aromatic heterocycles. The summed E-state index contributed by atoms with van der Waals surface area (Å²) < 4.78 is 0. The minimum Gasteiger partial charge on any atom is -0.504 e.